The number of aliphatic hydroxyl groups excluding tert-OH is 1. The molecule has 0 radical (unpaired) electrons. The first-order valence-electron chi connectivity index (χ1n) is 6.68. The van der Waals surface area contributed by atoms with Crippen LogP contribution in [0.5, 0.6) is 0 Å². The third kappa shape index (κ3) is 4.45. The first-order chi connectivity index (χ1) is 9.07. The van der Waals surface area contributed by atoms with Crippen molar-refractivity contribution in [3.63, 3.8) is 0 Å². The van der Waals surface area contributed by atoms with Gasteiger partial charge in [-0.25, -0.2) is 9.18 Å². The topological polar surface area (TPSA) is 59.0 Å². The molecule has 1 fully saturated rings. The summed E-state index contributed by atoms with van der Waals surface area (Å²) in [4.78, 5) is 13.7. The van der Waals surface area contributed by atoms with E-state index in [4.69, 9.17) is 14.6 Å². The molecule has 1 amide bonds. The van der Waals surface area contributed by atoms with Crippen LogP contribution in [-0.2, 0) is 9.47 Å². The van der Waals surface area contributed by atoms with Gasteiger partial charge in [0.25, 0.3) is 0 Å². The van der Waals surface area contributed by atoms with Crippen LogP contribution >= 0.6 is 0 Å². The van der Waals surface area contributed by atoms with Crippen LogP contribution in [0.4, 0.5) is 9.18 Å². The van der Waals surface area contributed by atoms with Crippen LogP contribution in [0.25, 0.3) is 0 Å². The predicted octanol–water partition coefficient (Wildman–Crippen LogP) is 2.59. The Balaban J connectivity index is 2.83. The summed E-state index contributed by atoms with van der Waals surface area (Å²) in [6.45, 7) is 8.57. The quantitative estimate of drug-likeness (QED) is 0.867. The van der Waals surface area contributed by atoms with E-state index in [1.54, 1.807) is 34.6 Å². The van der Waals surface area contributed by atoms with Gasteiger partial charge in [0.05, 0.1) is 19.3 Å². The van der Waals surface area contributed by atoms with E-state index >= 15 is 0 Å². The zero-order valence-electron chi connectivity index (χ0n) is 12.8. The highest BCUT2D eigenvalue weighted by molar-refractivity contribution is 5.69. The Morgan fingerprint density at radius 2 is 2.15 bits per heavy atom. The van der Waals surface area contributed by atoms with Crippen molar-refractivity contribution in [2.24, 2.45) is 0 Å². The lowest BCUT2D eigenvalue weighted by Crippen LogP contribution is -2.49. The Kier molecular flexibility index (Phi) is 5.15. The maximum atomic E-state index is 13.0. The van der Waals surface area contributed by atoms with E-state index in [1.807, 2.05) is 0 Å². The van der Waals surface area contributed by atoms with Gasteiger partial charge < -0.3 is 14.6 Å². The highest BCUT2D eigenvalue weighted by Gasteiger charge is 2.45. The van der Waals surface area contributed by atoms with Gasteiger partial charge in [0.1, 0.15) is 17.2 Å². The Morgan fingerprint density at radius 3 is 2.65 bits per heavy atom. The van der Waals surface area contributed by atoms with Gasteiger partial charge in [0, 0.05) is 0 Å². The summed E-state index contributed by atoms with van der Waals surface area (Å²) in [5, 5.41) is 8.66. The number of ether oxygens (including phenoxy) is 2. The van der Waals surface area contributed by atoms with Gasteiger partial charge in [-0.05, 0) is 47.1 Å². The number of amides is 1. The SMILES string of the molecule is CC(C)(C)OC(=O)N1[C@@H](CC=C(F)CO)COC1(C)C. The minimum atomic E-state index is -0.795. The third-order valence-corrected chi connectivity index (χ3v) is 2.93. The summed E-state index contributed by atoms with van der Waals surface area (Å²) < 4.78 is 24.0. The van der Waals surface area contributed by atoms with Crippen molar-refractivity contribution in [3.05, 3.63) is 11.9 Å². The second kappa shape index (κ2) is 6.10. The van der Waals surface area contributed by atoms with Gasteiger partial charge in [-0.1, -0.05) is 0 Å². The molecule has 1 heterocycles. The van der Waals surface area contributed by atoms with Crippen LogP contribution in [0.15, 0.2) is 11.9 Å². The molecule has 20 heavy (non-hydrogen) atoms. The largest absolute Gasteiger partial charge is 0.444 e. The molecule has 0 spiro atoms. The normalized spacial score (nSPS) is 23.1. The standard InChI is InChI=1S/C14H24FNO4/c1-13(2,3)20-12(18)16-11(7-6-10(15)8-17)9-19-14(16,4)5/h6,11,17H,7-9H2,1-5H3/t11-/m0/s1. The van der Waals surface area contributed by atoms with Crippen molar-refractivity contribution in [1.82, 2.24) is 4.90 Å². The molecule has 0 aliphatic carbocycles. The van der Waals surface area contributed by atoms with E-state index in [9.17, 15) is 9.18 Å². The van der Waals surface area contributed by atoms with E-state index in [2.05, 4.69) is 0 Å². The van der Waals surface area contributed by atoms with Gasteiger partial charge in [0.15, 0.2) is 0 Å². The van der Waals surface area contributed by atoms with Crippen molar-refractivity contribution in [1.29, 1.82) is 0 Å². The molecule has 1 rings (SSSR count). The second-order valence-electron chi connectivity index (χ2n) is 6.31. The lowest BCUT2D eigenvalue weighted by atomic mass is 10.1. The number of nitrogens with zero attached hydrogens (tertiary/aromatic N) is 1. The Hall–Kier alpha value is -1.14. The van der Waals surface area contributed by atoms with Crippen LogP contribution < -0.4 is 0 Å². The monoisotopic (exact) mass is 289 g/mol. The van der Waals surface area contributed by atoms with E-state index in [1.165, 1.54) is 11.0 Å². The van der Waals surface area contributed by atoms with E-state index in [0.717, 1.165) is 0 Å². The first kappa shape index (κ1) is 16.9. The Bertz CT molecular complexity index is 387. The Morgan fingerprint density at radius 1 is 1.55 bits per heavy atom. The zero-order valence-corrected chi connectivity index (χ0v) is 12.8. The van der Waals surface area contributed by atoms with Gasteiger partial charge >= 0.3 is 6.09 Å². The van der Waals surface area contributed by atoms with Crippen molar-refractivity contribution in [2.45, 2.75) is 58.4 Å². The molecule has 1 N–H and O–H groups in total. The molecule has 1 atom stereocenters. The molecule has 6 heteroatoms. The smallest absolute Gasteiger partial charge is 0.412 e. The first-order valence-corrected chi connectivity index (χ1v) is 6.68. The number of halogens is 1. The summed E-state index contributed by atoms with van der Waals surface area (Å²) in [5.41, 5.74) is -1.40. The summed E-state index contributed by atoms with van der Waals surface area (Å²) in [5.74, 6) is -0.612. The molecule has 1 saturated heterocycles. The molecular weight excluding hydrogens is 265 g/mol. The van der Waals surface area contributed by atoms with E-state index < -0.39 is 29.9 Å². The third-order valence-electron chi connectivity index (χ3n) is 2.93. The van der Waals surface area contributed by atoms with Gasteiger partial charge in [0.2, 0.25) is 0 Å². The molecule has 1 aliphatic heterocycles. The van der Waals surface area contributed by atoms with Crippen molar-refractivity contribution in [2.75, 3.05) is 13.2 Å². The molecule has 0 aromatic rings. The highest BCUT2D eigenvalue weighted by atomic mass is 19.1. The number of hydrogen-bond donors (Lipinski definition) is 1. The molecule has 1 aliphatic rings. The fourth-order valence-electron chi connectivity index (χ4n) is 2.07. The summed E-state index contributed by atoms with van der Waals surface area (Å²) in [7, 11) is 0. The molecular formula is C14H24FNO4. The maximum Gasteiger partial charge on any atom is 0.412 e. The number of aliphatic hydroxyl groups is 1. The molecule has 0 unspecified atom stereocenters. The van der Waals surface area contributed by atoms with E-state index in [0.29, 0.717) is 6.61 Å². The zero-order chi connectivity index (χ0) is 15.6. The predicted molar refractivity (Wildman–Crippen MR) is 72.8 cm³/mol. The average molecular weight is 289 g/mol. The minimum Gasteiger partial charge on any atom is -0.444 e. The second-order valence-corrected chi connectivity index (χ2v) is 6.31. The number of carbonyl (C=O) groups is 1. The molecule has 5 nitrogen and oxygen atoms in total. The van der Waals surface area contributed by atoms with Gasteiger partial charge in [-0.2, -0.15) is 0 Å². The Labute approximate surface area is 119 Å². The lowest BCUT2D eigenvalue weighted by molar-refractivity contribution is -0.0623. The molecule has 0 bridgehead atoms. The number of hydrogen-bond acceptors (Lipinski definition) is 4. The molecule has 0 aromatic carbocycles. The van der Waals surface area contributed by atoms with Crippen LogP contribution in [0.1, 0.15) is 41.0 Å². The van der Waals surface area contributed by atoms with Crippen LogP contribution in [-0.4, -0.2) is 46.7 Å². The van der Waals surface area contributed by atoms with Crippen molar-refractivity contribution >= 4 is 6.09 Å². The minimum absolute atomic E-state index is 0.273. The number of carbonyl (C=O) groups excluding carboxylic acids is 1. The summed E-state index contributed by atoms with van der Waals surface area (Å²) >= 11 is 0. The summed E-state index contributed by atoms with van der Waals surface area (Å²) in [6, 6.07) is -0.308. The fourth-order valence-corrected chi connectivity index (χ4v) is 2.07. The van der Waals surface area contributed by atoms with Gasteiger partial charge in [-0.3, -0.25) is 4.90 Å². The van der Waals surface area contributed by atoms with Gasteiger partial charge in [-0.15, -0.1) is 0 Å². The lowest BCUT2D eigenvalue weighted by Gasteiger charge is -2.34. The number of rotatable bonds is 3. The summed E-state index contributed by atoms with van der Waals surface area (Å²) in [6.07, 6.45) is 1.06. The maximum absolute atomic E-state index is 13.0. The molecule has 0 saturated carbocycles. The van der Waals surface area contributed by atoms with Crippen LogP contribution in [0, 0.1) is 0 Å². The van der Waals surface area contributed by atoms with E-state index in [-0.39, 0.29) is 12.5 Å². The fraction of sp³-hybridized carbons (Fsp3) is 0.786. The van der Waals surface area contributed by atoms with Crippen LogP contribution in [0.2, 0.25) is 0 Å². The van der Waals surface area contributed by atoms with Crippen molar-refractivity contribution in [3.8, 4) is 0 Å². The van der Waals surface area contributed by atoms with Crippen molar-refractivity contribution < 1.29 is 23.8 Å². The average Bonchev–Trinajstić information content (AvgIpc) is 2.59. The highest BCUT2D eigenvalue weighted by Crippen LogP contribution is 2.31. The van der Waals surface area contributed by atoms with Crippen LogP contribution in [0.3, 0.4) is 0 Å². The molecule has 116 valence electrons. The molecule has 0 aromatic heterocycles.